The Morgan fingerprint density at radius 3 is 2.55 bits per heavy atom. The lowest BCUT2D eigenvalue weighted by molar-refractivity contribution is 0.0956. The standard InChI is InChI=1S/C16H18N2OS/c1-13-2-4-14(5-3-13)12-20-11-10-18-16(19)15-6-8-17-9-7-15/h2-9H,10-12H2,1H3,(H,18,19). The second-order valence-electron chi connectivity index (χ2n) is 4.53. The highest BCUT2D eigenvalue weighted by Crippen LogP contribution is 2.12. The second kappa shape index (κ2) is 7.70. The monoisotopic (exact) mass is 286 g/mol. The van der Waals surface area contributed by atoms with E-state index in [2.05, 4.69) is 41.5 Å². The predicted molar refractivity (Wildman–Crippen MR) is 83.9 cm³/mol. The molecule has 0 bridgehead atoms. The number of amides is 1. The number of aromatic nitrogens is 1. The van der Waals surface area contributed by atoms with Gasteiger partial charge in [-0.3, -0.25) is 9.78 Å². The molecule has 0 aliphatic carbocycles. The molecule has 0 fully saturated rings. The van der Waals surface area contributed by atoms with E-state index in [-0.39, 0.29) is 5.91 Å². The molecule has 1 N–H and O–H groups in total. The highest BCUT2D eigenvalue weighted by atomic mass is 32.2. The van der Waals surface area contributed by atoms with E-state index in [4.69, 9.17) is 0 Å². The molecule has 20 heavy (non-hydrogen) atoms. The van der Waals surface area contributed by atoms with Crippen LogP contribution in [0.2, 0.25) is 0 Å². The third-order valence-corrected chi connectivity index (χ3v) is 3.89. The maximum atomic E-state index is 11.8. The fourth-order valence-corrected chi connectivity index (χ4v) is 2.54. The van der Waals surface area contributed by atoms with Gasteiger partial charge in [0.1, 0.15) is 0 Å². The molecular formula is C16H18N2OS. The van der Waals surface area contributed by atoms with Gasteiger partial charge in [-0.2, -0.15) is 11.8 Å². The number of carbonyl (C=O) groups is 1. The first-order valence-electron chi connectivity index (χ1n) is 6.57. The third-order valence-electron chi connectivity index (χ3n) is 2.86. The summed E-state index contributed by atoms with van der Waals surface area (Å²) in [7, 11) is 0. The lowest BCUT2D eigenvalue weighted by atomic mass is 10.2. The molecule has 0 saturated heterocycles. The molecule has 1 aromatic carbocycles. The Bertz CT molecular complexity index is 540. The Labute approximate surface area is 123 Å². The molecule has 0 aliphatic rings. The third kappa shape index (κ3) is 4.70. The molecule has 1 amide bonds. The normalized spacial score (nSPS) is 10.2. The maximum Gasteiger partial charge on any atom is 0.251 e. The van der Waals surface area contributed by atoms with Crippen LogP contribution in [-0.4, -0.2) is 23.2 Å². The van der Waals surface area contributed by atoms with E-state index in [0.717, 1.165) is 11.5 Å². The van der Waals surface area contributed by atoms with Crippen LogP contribution < -0.4 is 5.32 Å². The van der Waals surface area contributed by atoms with Gasteiger partial charge in [0.05, 0.1) is 0 Å². The van der Waals surface area contributed by atoms with E-state index >= 15 is 0 Å². The summed E-state index contributed by atoms with van der Waals surface area (Å²) in [6, 6.07) is 12.0. The highest BCUT2D eigenvalue weighted by Gasteiger charge is 2.03. The first-order chi connectivity index (χ1) is 9.75. The molecule has 0 radical (unpaired) electrons. The van der Waals surface area contributed by atoms with E-state index in [0.29, 0.717) is 12.1 Å². The molecule has 4 heteroatoms. The Hall–Kier alpha value is -1.81. The largest absolute Gasteiger partial charge is 0.351 e. The van der Waals surface area contributed by atoms with Crippen molar-refractivity contribution in [3.8, 4) is 0 Å². The van der Waals surface area contributed by atoms with Crippen LogP contribution in [0, 0.1) is 6.92 Å². The quantitative estimate of drug-likeness (QED) is 0.830. The van der Waals surface area contributed by atoms with E-state index in [1.165, 1.54) is 11.1 Å². The number of benzene rings is 1. The zero-order valence-electron chi connectivity index (χ0n) is 11.5. The van der Waals surface area contributed by atoms with Crippen molar-refractivity contribution in [2.45, 2.75) is 12.7 Å². The average Bonchev–Trinajstić information content (AvgIpc) is 2.49. The van der Waals surface area contributed by atoms with Crippen molar-refractivity contribution in [1.82, 2.24) is 10.3 Å². The number of pyridine rings is 1. The number of rotatable bonds is 6. The molecule has 3 nitrogen and oxygen atoms in total. The van der Waals surface area contributed by atoms with E-state index in [1.54, 1.807) is 24.5 Å². The van der Waals surface area contributed by atoms with Crippen LogP contribution in [0.5, 0.6) is 0 Å². The van der Waals surface area contributed by atoms with Gasteiger partial charge in [-0.05, 0) is 24.6 Å². The van der Waals surface area contributed by atoms with Crippen molar-refractivity contribution in [2.75, 3.05) is 12.3 Å². The summed E-state index contributed by atoms with van der Waals surface area (Å²) in [6.07, 6.45) is 3.25. The van der Waals surface area contributed by atoms with Crippen molar-refractivity contribution >= 4 is 17.7 Å². The SMILES string of the molecule is Cc1ccc(CSCCNC(=O)c2ccncc2)cc1. The average molecular weight is 286 g/mol. The molecule has 1 aromatic heterocycles. The van der Waals surface area contributed by atoms with Gasteiger partial charge in [-0.25, -0.2) is 0 Å². The summed E-state index contributed by atoms with van der Waals surface area (Å²) in [5.41, 5.74) is 3.26. The summed E-state index contributed by atoms with van der Waals surface area (Å²) in [5, 5.41) is 2.91. The van der Waals surface area contributed by atoms with Crippen LogP contribution >= 0.6 is 11.8 Å². The van der Waals surface area contributed by atoms with E-state index in [9.17, 15) is 4.79 Å². The number of aryl methyl sites for hydroxylation is 1. The van der Waals surface area contributed by atoms with Crippen LogP contribution in [0.1, 0.15) is 21.5 Å². The van der Waals surface area contributed by atoms with Gasteiger partial charge in [-0.15, -0.1) is 0 Å². The van der Waals surface area contributed by atoms with Crippen molar-refractivity contribution in [1.29, 1.82) is 0 Å². The van der Waals surface area contributed by atoms with Crippen LogP contribution in [0.3, 0.4) is 0 Å². The molecule has 104 valence electrons. The van der Waals surface area contributed by atoms with Crippen molar-refractivity contribution in [3.05, 3.63) is 65.5 Å². The zero-order valence-corrected chi connectivity index (χ0v) is 12.3. The Morgan fingerprint density at radius 2 is 1.85 bits per heavy atom. The van der Waals surface area contributed by atoms with Crippen LogP contribution in [0.15, 0.2) is 48.8 Å². The van der Waals surface area contributed by atoms with Gasteiger partial charge in [0.25, 0.3) is 5.91 Å². The smallest absolute Gasteiger partial charge is 0.251 e. The molecular weight excluding hydrogens is 268 g/mol. The van der Waals surface area contributed by atoms with E-state index in [1.807, 2.05) is 11.8 Å². The van der Waals surface area contributed by atoms with Gasteiger partial charge in [-0.1, -0.05) is 29.8 Å². The lowest BCUT2D eigenvalue weighted by Crippen LogP contribution is -2.25. The van der Waals surface area contributed by atoms with E-state index < -0.39 is 0 Å². The first-order valence-corrected chi connectivity index (χ1v) is 7.73. The highest BCUT2D eigenvalue weighted by molar-refractivity contribution is 7.98. The molecule has 0 unspecified atom stereocenters. The van der Waals surface area contributed by atoms with Crippen molar-refractivity contribution < 1.29 is 4.79 Å². The maximum absolute atomic E-state index is 11.8. The number of nitrogens with one attached hydrogen (secondary N) is 1. The molecule has 0 spiro atoms. The van der Waals surface area contributed by atoms with Crippen molar-refractivity contribution in [3.63, 3.8) is 0 Å². The minimum atomic E-state index is -0.0386. The minimum Gasteiger partial charge on any atom is -0.351 e. The zero-order chi connectivity index (χ0) is 14.2. The fourth-order valence-electron chi connectivity index (χ4n) is 1.72. The summed E-state index contributed by atoms with van der Waals surface area (Å²) in [6.45, 7) is 2.77. The minimum absolute atomic E-state index is 0.0386. The van der Waals surface area contributed by atoms with Gasteiger partial charge >= 0.3 is 0 Å². The number of hydrogen-bond acceptors (Lipinski definition) is 3. The number of hydrogen-bond donors (Lipinski definition) is 1. The topological polar surface area (TPSA) is 42.0 Å². The molecule has 1 heterocycles. The van der Waals surface area contributed by atoms with Gasteiger partial charge < -0.3 is 5.32 Å². The molecule has 0 atom stereocenters. The first kappa shape index (κ1) is 14.6. The van der Waals surface area contributed by atoms with Crippen LogP contribution in [0.25, 0.3) is 0 Å². The van der Waals surface area contributed by atoms with Crippen molar-refractivity contribution in [2.24, 2.45) is 0 Å². The Balaban J connectivity index is 1.64. The van der Waals surface area contributed by atoms with Gasteiger partial charge in [0.2, 0.25) is 0 Å². The lowest BCUT2D eigenvalue weighted by Gasteiger charge is -2.05. The second-order valence-corrected chi connectivity index (χ2v) is 5.64. The predicted octanol–water partition coefficient (Wildman–Crippen LogP) is 3.05. The fraction of sp³-hybridized carbons (Fsp3) is 0.250. The summed E-state index contributed by atoms with van der Waals surface area (Å²) in [4.78, 5) is 15.7. The molecule has 2 aromatic rings. The molecule has 2 rings (SSSR count). The number of thioether (sulfide) groups is 1. The van der Waals surface area contributed by atoms with Crippen LogP contribution in [-0.2, 0) is 5.75 Å². The Kier molecular flexibility index (Phi) is 5.62. The molecule has 0 saturated carbocycles. The summed E-state index contributed by atoms with van der Waals surface area (Å²) >= 11 is 1.82. The molecule has 0 aliphatic heterocycles. The van der Waals surface area contributed by atoms with Gasteiger partial charge in [0.15, 0.2) is 0 Å². The summed E-state index contributed by atoms with van der Waals surface area (Å²) in [5.74, 6) is 1.85. The summed E-state index contributed by atoms with van der Waals surface area (Å²) < 4.78 is 0. The van der Waals surface area contributed by atoms with Crippen LogP contribution in [0.4, 0.5) is 0 Å². The Morgan fingerprint density at radius 1 is 1.15 bits per heavy atom. The number of carbonyl (C=O) groups excluding carboxylic acids is 1. The van der Waals surface area contributed by atoms with Gasteiger partial charge in [0, 0.05) is 36.0 Å². The number of nitrogens with zero attached hydrogens (tertiary/aromatic N) is 1.